The number of hydrogen-bond acceptors (Lipinski definition) is 5. The molecule has 2 N–H and O–H groups in total. The monoisotopic (exact) mass is 374 g/mol. The van der Waals surface area contributed by atoms with Gasteiger partial charge in [-0.15, -0.1) is 0 Å². The molecule has 0 aliphatic carbocycles. The van der Waals surface area contributed by atoms with Gasteiger partial charge in [-0.05, 0) is 37.0 Å². The lowest BCUT2D eigenvalue weighted by molar-refractivity contribution is -0.139. The number of unbranched alkanes of at least 4 members (excludes halogenated alkanes) is 1. The second-order valence-electron chi connectivity index (χ2n) is 6.26. The largest absolute Gasteiger partial charge is 0.484 e. The van der Waals surface area contributed by atoms with E-state index in [1.54, 1.807) is 29.2 Å². The third kappa shape index (κ3) is 7.08. The Morgan fingerprint density at radius 2 is 2.00 bits per heavy atom. The molecular formula is C19H26N4O4. The number of nitrogens with one attached hydrogen (secondary N) is 2. The third-order valence-electron chi connectivity index (χ3n) is 4.08. The van der Waals surface area contributed by atoms with Crippen molar-refractivity contribution in [1.29, 1.82) is 0 Å². The minimum atomic E-state index is -0.814. The molecule has 0 radical (unpaired) electrons. The number of carbonyl (C=O) groups excluding carboxylic acids is 3. The van der Waals surface area contributed by atoms with E-state index in [0.29, 0.717) is 17.9 Å². The normalized spacial score (nSPS) is 13.6. The summed E-state index contributed by atoms with van der Waals surface area (Å²) in [6, 6.07) is 6.98. The van der Waals surface area contributed by atoms with E-state index in [-0.39, 0.29) is 12.5 Å². The summed E-state index contributed by atoms with van der Waals surface area (Å²) in [7, 11) is 0. The fourth-order valence-corrected chi connectivity index (χ4v) is 2.56. The number of benzene rings is 1. The Hall–Kier alpha value is -2.90. The zero-order chi connectivity index (χ0) is 19.5. The van der Waals surface area contributed by atoms with E-state index in [1.165, 1.54) is 6.21 Å². The molecule has 27 heavy (non-hydrogen) atoms. The Morgan fingerprint density at radius 1 is 1.22 bits per heavy atom. The van der Waals surface area contributed by atoms with Gasteiger partial charge in [-0.2, -0.15) is 5.10 Å². The van der Waals surface area contributed by atoms with Crippen LogP contribution in [0.15, 0.2) is 29.4 Å². The van der Waals surface area contributed by atoms with E-state index in [1.807, 2.05) is 6.92 Å². The predicted octanol–water partition coefficient (Wildman–Crippen LogP) is 1.05. The van der Waals surface area contributed by atoms with E-state index >= 15 is 0 Å². The number of rotatable bonds is 8. The molecule has 2 rings (SSSR count). The second kappa shape index (κ2) is 10.9. The highest BCUT2D eigenvalue weighted by atomic mass is 16.5. The first-order valence-electron chi connectivity index (χ1n) is 9.22. The van der Waals surface area contributed by atoms with Crippen LogP contribution in [0.1, 0.15) is 38.2 Å². The van der Waals surface area contributed by atoms with Gasteiger partial charge in [0.2, 0.25) is 0 Å². The first kappa shape index (κ1) is 20.4. The number of likely N-dealkylation sites (tertiary alicyclic amines) is 1. The Morgan fingerprint density at radius 3 is 2.74 bits per heavy atom. The maximum Gasteiger partial charge on any atom is 0.329 e. The van der Waals surface area contributed by atoms with Crippen LogP contribution in [0, 0.1) is 0 Å². The smallest absolute Gasteiger partial charge is 0.329 e. The number of nitrogens with zero attached hydrogens (tertiary/aromatic N) is 2. The molecule has 1 aromatic rings. The van der Waals surface area contributed by atoms with Gasteiger partial charge in [0.05, 0.1) is 6.21 Å². The van der Waals surface area contributed by atoms with Crippen LogP contribution in [-0.2, 0) is 14.4 Å². The van der Waals surface area contributed by atoms with Crippen LogP contribution in [0.4, 0.5) is 0 Å². The van der Waals surface area contributed by atoms with Gasteiger partial charge >= 0.3 is 11.8 Å². The van der Waals surface area contributed by atoms with Gasteiger partial charge in [-0.25, -0.2) is 5.43 Å². The van der Waals surface area contributed by atoms with Crippen LogP contribution in [0.25, 0.3) is 0 Å². The summed E-state index contributed by atoms with van der Waals surface area (Å²) in [5, 5.41) is 6.28. The Bertz CT molecular complexity index is 684. The van der Waals surface area contributed by atoms with Gasteiger partial charge in [-0.1, -0.05) is 25.5 Å². The number of carbonyl (C=O) groups is 3. The minimum Gasteiger partial charge on any atom is -0.484 e. The molecule has 1 heterocycles. The van der Waals surface area contributed by atoms with Crippen LogP contribution >= 0.6 is 0 Å². The number of amides is 3. The molecule has 1 saturated heterocycles. The topological polar surface area (TPSA) is 100 Å². The molecule has 3 amide bonds. The molecule has 0 unspecified atom stereocenters. The van der Waals surface area contributed by atoms with E-state index in [2.05, 4.69) is 15.8 Å². The van der Waals surface area contributed by atoms with Crippen LogP contribution in [0.3, 0.4) is 0 Å². The van der Waals surface area contributed by atoms with Crippen molar-refractivity contribution in [3.8, 4) is 5.75 Å². The molecular weight excluding hydrogens is 348 g/mol. The molecule has 0 spiro atoms. The maximum absolute atomic E-state index is 12.0. The average Bonchev–Trinajstić information content (AvgIpc) is 3.21. The van der Waals surface area contributed by atoms with Crippen LogP contribution < -0.4 is 15.5 Å². The molecule has 1 aliphatic heterocycles. The molecule has 0 atom stereocenters. The summed E-state index contributed by atoms with van der Waals surface area (Å²) in [5.41, 5.74) is 2.86. The quantitative estimate of drug-likeness (QED) is 0.307. The molecule has 1 fully saturated rings. The summed E-state index contributed by atoms with van der Waals surface area (Å²) in [5.74, 6) is -1.01. The molecule has 8 nitrogen and oxygen atoms in total. The lowest BCUT2D eigenvalue weighted by atomic mass is 10.2. The van der Waals surface area contributed by atoms with Crippen LogP contribution in [0.5, 0.6) is 5.75 Å². The number of hydrazone groups is 1. The SMILES string of the molecule is CCCCNC(=O)C(=O)N/N=C\c1cccc(OCC(=O)N2CCCC2)c1. The molecule has 8 heteroatoms. The van der Waals surface area contributed by atoms with Gasteiger partial charge in [0.25, 0.3) is 5.91 Å². The summed E-state index contributed by atoms with van der Waals surface area (Å²) in [4.78, 5) is 36.9. The summed E-state index contributed by atoms with van der Waals surface area (Å²) in [6.45, 7) is 4.04. The van der Waals surface area contributed by atoms with Crippen molar-refractivity contribution >= 4 is 23.9 Å². The van der Waals surface area contributed by atoms with Gasteiger partial charge in [0.15, 0.2) is 6.61 Å². The molecule has 146 valence electrons. The lowest BCUT2D eigenvalue weighted by Gasteiger charge is -2.15. The van der Waals surface area contributed by atoms with Gasteiger partial charge in [-0.3, -0.25) is 14.4 Å². The highest BCUT2D eigenvalue weighted by Crippen LogP contribution is 2.13. The molecule has 1 aromatic carbocycles. The van der Waals surface area contributed by atoms with Crippen molar-refractivity contribution < 1.29 is 19.1 Å². The van der Waals surface area contributed by atoms with E-state index in [0.717, 1.165) is 38.8 Å². The molecule has 0 saturated carbocycles. The fraction of sp³-hybridized carbons (Fsp3) is 0.474. The molecule has 0 aromatic heterocycles. The fourth-order valence-electron chi connectivity index (χ4n) is 2.56. The van der Waals surface area contributed by atoms with Crippen molar-refractivity contribution in [3.05, 3.63) is 29.8 Å². The van der Waals surface area contributed by atoms with Crippen molar-refractivity contribution in [2.75, 3.05) is 26.2 Å². The molecule has 0 bridgehead atoms. The number of hydrogen-bond donors (Lipinski definition) is 2. The van der Waals surface area contributed by atoms with Crippen molar-refractivity contribution in [3.63, 3.8) is 0 Å². The van der Waals surface area contributed by atoms with Crippen molar-refractivity contribution in [2.45, 2.75) is 32.6 Å². The predicted molar refractivity (Wildman–Crippen MR) is 101 cm³/mol. The summed E-state index contributed by atoms with van der Waals surface area (Å²) >= 11 is 0. The first-order chi connectivity index (χ1) is 13.1. The first-order valence-corrected chi connectivity index (χ1v) is 9.22. The Labute approximate surface area is 158 Å². The maximum atomic E-state index is 12.0. The zero-order valence-electron chi connectivity index (χ0n) is 15.6. The Kier molecular flexibility index (Phi) is 8.28. The van der Waals surface area contributed by atoms with Crippen molar-refractivity contribution in [1.82, 2.24) is 15.6 Å². The van der Waals surface area contributed by atoms with E-state index in [4.69, 9.17) is 4.74 Å². The lowest BCUT2D eigenvalue weighted by Crippen LogP contribution is -2.38. The van der Waals surface area contributed by atoms with Crippen molar-refractivity contribution in [2.24, 2.45) is 5.10 Å². The summed E-state index contributed by atoms with van der Waals surface area (Å²) in [6.07, 6.45) is 5.24. The van der Waals surface area contributed by atoms with Crippen LogP contribution in [-0.4, -0.2) is 55.1 Å². The minimum absolute atomic E-state index is 0.00470. The average molecular weight is 374 g/mol. The molecule has 1 aliphatic rings. The standard InChI is InChI=1S/C19H26N4O4/c1-2-3-9-20-18(25)19(26)22-21-13-15-7-6-8-16(12-15)27-14-17(24)23-10-4-5-11-23/h6-8,12-13H,2-5,9-11,14H2,1H3,(H,20,25)(H,22,26)/b21-13-. The highest BCUT2D eigenvalue weighted by Gasteiger charge is 2.18. The third-order valence-corrected chi connectivity index (χ3v) is 4.08. The van der Waals surface area contributed by atoms with Gasteiger partial charge in [0.1, 0.15) is 5.75 Å². The van der Waals surface area contributed by atoms with Gasteiger partial charge < -0.3 is 15.0 Å². The Balaban J connectivity index is 1.78. The summed E-state index contributed by atoms with van der Waals surface area (Å²) < 4.78 is 5.54. The van der Waals surface area contributed by atoms with E-state index in [9.17, 15) is 14.4 Å². The second-order valence-corrected chi connectivity index (χ2v) is 6.26. The van der Waals surface area contributed by atoms with Gasteiger partial charge in [0, 0.05) is 19.6 Å². The highest BCUT2D eigenvalue weighted by molar-refractivity contribution is 6.35. The van der Waals surface area contributed by atoms with Crippen LogP contribution in [0.2, 0.25) is 0 Å². The number of ether oxygens (including phenoxy) is 1. The zero-order valence-corrected chi connectivity index (χ0v) is 15.6. The van der Waals surface area contributed by atoms with E-state index < -0.39 is 11.8 Å².